The first-order chi connectivity index (χ1) is 18.1. The Morgan fingerprint density at radius 1 is 1.03 bits per heavy atom. The number of benzene rings is 3. The molecule has 2 heterocycles. The van der Waals surface area contributed by atoms with Crippen LogP contribution in [-0.4, -0.2) is 33.9 Å². The fourth-order valence-electron chi connectivity index (χ4n) is 3.86. The molecule has 0 saturated heterocycles. The van der Waals surface area contributed by atoms with E-state index in [1.54, 1.807) is 12.1 Å². The summed E-state index contributed by atoms with van der Waals surface area (Å²) in [5.41, 5.74) is -0.207. The van der Waals surface area contributed by atoms with Crippen LogP contribution in [0, 0.1) is 0 Å². The molecular weight excluding hydrogens is 562 g/mol. The van der Waals surface area contributed by atoms with Crippen LogP contribution in [0.5, 0.6) is 0 Å². The normalized spacial score (nSPS) is 11.4. The Bertz CT molecular complexity index is 1700. The lowest BCUT2D eigenvalue weighted by atomic mass is 10.1. The summed E-state index contributed by atoms with van der Waals surface area (Å²) in [5, 5.41) is 5.40. The number of anilines is 2. The Balaban J connectivity index is 0.00000353. The second-order valence-electron chi connectivity index (χ2n) is 8.12. The van der Waals surface area contributed by atoms with Crippen LogP contribution in [0.3, 0.4) is 0 Å². The van der Waals surface area contributed by atoms with Crippen molar-refractivity contribution in [3.8, 4) is 0 Å². The third kappa shape index (κ3) is 5.82. The molecule has 0 saturated carbocycles. The average molecular weight is 580 g/mol. The molecule has 0 radical (unpaired) electrons. The van der Waals surface area contributed by atoms with E-state index >= 15 is 0 Å². The third-order valence-corrected chi connectivity index (χ3v) is 5.70. The number of fused-ring (bicyclic) bond motifs is 2. The van der Waals surface area contributed by atoms with Crippen molar-refractivity contribution in [2.24, 2.45) is 0 Å². The quantitative estimate of drug-likeness (QED) is 0.212. The highest BCUT2D eigenvalue weighted by molar-refractivity contribution is 6.31. The molecule has 0 aliphatic rings. The van der Waals surface area contributed by atoms with Crippen molar-refractivity contribution >= 4 is 69.7 Å². The minimum absolute atomic E-state index is 0. The van der Waals surface area contributed by atoms with E-state index in [9.17, 15) is 22.8 Å². The van der Waals surface area contributed by atoms with Crippen LogP contribution in [0.15, 0.2) is 59.0 Å². The number of imidazole rings is 1. The molecule has 39 heavy (non-hydrogen) atoms. The van der Waals surface area contributed by atoms with Crippen molar-refractivity contribution in [1.29, 1.82) is 0 Å². The van der Waals surface area contributed by atoms with E-state index in [1.807, 2.05) is 0 Å². The van der Waals surface area contributed by atoms with Gasteiger partial charge in [0, 0.05) is 23.9 Å². The molecule has 5 rings (SSSR count). The number of halogens is 5. The molecule has 0 atom stereocenters. The minimum Gasteiger partial charge on any atom is -0.423 e. The summed E-state index contributed by atoms with van der Waals surface area (Å²) in [6, 6.07) is 11.8. The summed E-state index contributed by atoms with van der Waals surface area (Å²) in [6.07, 6.45) is -4.73. The molecule has 5 aromatic rings. The van der Waals surface area contributed by atoms with Gasteiger partial charge in [-0.3, -0.25) is 14.9 Å². The molecule has 14 heteroatoms. The summed E-state index contributed by atoms with van der Waals surface area (Å²) >= 11 is 5.97. The molecule has 0 fully saturated rings. The molecule has 3 aromatic carbocycles. The van der Waals surface area contributed by atoms with E-state index in [-0.39, 0.29) is 41.8 Å². The minimum atomic E-state index is -4.73. The lowest BCUT2D eigenvalue weighted by molar-refractivity contribution is -0.137. The standard InChI is InChI=1S/C25H17ClF3N5O4.ClH/c1-37-11-20-31-18-10-13(30-22(35)14-4-2-3-5-16(14)25(27,28)29)9-15(21(18)33-20)23(36)34-24-32-17-7-6-12(26)8-19(17)38-24;/h2-10H,11H2,1H3,(H,30,35)(H,31,33)(H,32,34,36);1H. The predicted octanol–water partition coefficient (Wildman–Crippen LogP) is 6.45. The maximum atomic E-state index is 13.4. The van der Waals surface area contributed by atoms with E-state index in [0.29, 0.717) is 27.5 Å². The number of oxazole rings is 1. The molecule has 0 bridgehead atoms. The molecular formula is C25H18Cl2F3N5O4. The number of methoxy groups -OCH3 is 1. The Kier molecular flexibility index (Phi) is 7.82. The van der Waals surface area contributed by atoms with E-state index in [4.69, 9.17) is 20.8 Å². The molecule has 0 unspecified atom stereocenters. The van der Waals surface area contributed by atoms with Gasteiger partial charge in [-0.2, -0.15) is 18.2 Å². The molecule has 2 amide bonds. The monoisotopic (exact) mass is 579 g/mol. The van der Waals surface area contributed by atoms with Gasteiger partial charge >= 0.3 is 12.2 Å². The number of amides is 2. The molecule has 0 spiro atoms. The number of rotatable bonds is 6. The number of hydrogen-bond donors (Lipinski definition) is 3. The topological polar surface area (TPSA) is 122 Å². The average Bonchev–Trinajstić information content (AvgIpc) is 3.45. The van der Waals surface area contributed by atoms with Gasteiger partial charge in [0.15, 0.2) is 5.58 Å². The molecule has 0 aliphatic carbocycles. The predicted molar refractivity (Wildman–Crippen MR) is 140 cm³/mol. The first kappa shape index (κ1) is 27.9. The maximum Gasteiger partial charge on any atom is 0.417 e. The van der Waals surface area contributed by atoms with Crippen LogP contribution in [0.2, 0.25) is 5.02 Å². The number of carbonyl (C=O) groups is 2. The van der Waals surface area contributed by atoms with Gasteiger partial charge < -0.3 is 19.5 Å². The van der Waals surface area contributed by atoms with E-state index in [1.165, 1.54) is 37.4 Å². The Labute approximate surface area is 229 Å². The zero-order valence-electron chi connectivity index (χ0n) is 19.9. The highest BCUT2D eigenvalue weighted by Crippen LogP contribution is 2.33. The SMILES string of the molecule is COCc1nc2c(C(=O)Nc3nc4ccc(Cl)cc4o3)cc(NC(=O)c3ccccc3C(F)(F)F)cc2[nH]1.Cl. The molecule has 2 aromatic heterocycles. The van der Waals surface area contributed by atoms with Crippen LogP contribution in [-0.2, 0) is 17.5 Å². The number of aromatic nitrogens is 3. The second-order valence-corrected chi connectivity index (χ2v) is 8.56. The number of ether oxygens (including phenoxy) is 1. The van der Waals surface area contributed by atoms with Crippen LogP contribution in [0.1, 0.15) is 32.1 Å². The van der Waals surface area contributed by atoms with Crippen LogP contribution >= 0.6 is 24.0 Å². The number of H-pyrrole nitrogens is 1. The first-order valence-electron chi connectivity index (χ1n) is 11.0. The molecule has 202 valence electrons. The maximum absolute atomic E-state index is 13.4. The Morgan fingerprint density at radius 3 is 2.51 bits per heavy atom. The number of aromatic amines is 1. The van der Waals surface area contributed by atoms with Gasteiger partial charge in [-0.15, -0.1) is 12.4 Å². The number of carbonyl (C=O) groups excluding carboxylic acids is 2. The summed E-state index contributed by atoms with van der Waals surface area (Å²) in [5.74, 6) is -1.30. The lowest BCUT2D eigenvalue weighted by Gasteiger charge is -2.13. The fourth-order valence-corrected chi connectivity index (χ4v) is 4.02. The summed E-state index contributed by atoms with van der Waals surface area (Å²) in [4.78, 5) is 37.6. The van der Waals surface area contributed by atoms with Crippen LogP contribution in [0.4, 0.5) is 24.9 Å². The number of hydrogen-bond acceptors (Lipinski definition) is 6. The summed E-state index contributed by atoms with van der Waals surface area (Å²) in [6.45, 7) is 0.0995. The zero-order valence-corrected chi connectivity index (χ0v) is 21.4. The summed E-state index contributed by atoms with van der Waals surface area (Å²) in [7, 11) is 1.46. The highest BCUT2D eigenvalue weighted by Gasteiger charge is 2.35. The number of nitrogens with zero attached hydrogens (tertiary/aromatic N) is 2. The molecule has 0 aliphatic heterocycles. The smallest absolute Gasteiger partial charge is 0.417 e. The van der Waals surface area contributed by atoms with Gasteiger partial charge in [0.2, 0.25) is 0 Å². The first-order valence-corrected chi connectivity index (χ1v) is 11.4. The van der Waals surface area contributed by atoms with Gasteiger partial charge in [-0.25, -0.2) is 4.98 Å². The fraction of sp³-hybridized carbons (Fsp3) is 0.120. The van der Waals surface area contributed by atoms with E-state index in [2.05, 4.69) is 25.6 Å². The van der Waals surface area contributed by atoms with E-state index in [0.717, 1.165) is 12.1 Å². The van der Waals surface area contributed by atoms with Crippen molar-refractivity contribution in [3.63, 3.8) is 0 Å². The van der Waals surface area contributed by atoms with Crippen LogP contribution in [0.25, 0.3) is 22.1 Å². The molecule has 9 nitrogen and oxygen atoms in total. The van der Waals surface area contributed by atoms with Crippen molar-refractivity contribution < 1.29 is 31.9 Å². The second kappa shape index (κ2) is 10.9. The molecule has 3 N–H and O–H groups in total. The van der Waals surface area contributed by atoms with E-state index < -0.39 is 29.1 Å². The van der Waals surface area contributed by atoms with Crippen molar-refractivity contribution in [2.75, 3.05) is 17.7 Å². The van der Waals surface area contributed by atoms with Crippen LogP contribution < -0.4 is 10.6 Å². The van der Waals surface area contributed by atoms with Gasteiger partial charge in [-0.1, -0.05) is 23.7 Å². The number of alkyl halides is 3. The number of nitrogens with one attached hydrogen (secondary N) is 3. The Morgan fingerprint density at radius 2 is 1.77 bits per heavy atom. The highest BCUT2D eigenvalue weighted by atomic mass is 35.5. The largest absolute Gasteiger partial charge is 0.423 e. The zero-order chi connectivity index (χ0) is 27.0. The van der Waals surface area contributed by atoms with Gasteiger partial charge in [-0.05, 0) is 36.4 Å². The Hall–Kier alpha value is -4.13. The van der Waals surface area contributed by atoms with Crippen molar-refractivity contribution in [1.82, 2.24) is 15.0 Å². The lowest BCUT2D eigenvalue weighted by Crippen LogP contribution is -2.19. The third-order valence-electron chi connectivity index (χ3n) is 5.47. The van der Waals surface area contributed by atoms with Gasteiger partial charge in [0.05, 0.1) is 22.2 Å². The summed E-state index contributed by atoms with van der Waals surface area (Å²) < 4.78 is 50.9. The van der Waals surface area contributed by atoms with Gasteiger partial charge in [0.1, 0.15) is 23.5 Å². The van der Waals surface area contributed by atoms with Gasteiger partial charge in [0.25, 0.3) is 11.8 Å². The van der Waals surface area contributed by atoms with Crippen molar-refractivity contribution in [3.05, 3.63) is 82.1 Å². The van der Waals surface area contributed by atoms with Crippen molar-refractivity contribution in [2.45, 2.75) is 12.8 Å².